The number of aromatic nitrogens is 3. The van der Waals surface area contributed by atoms with Crippen LogP contribution in [0.1, 0.15) is 16.1 Å². The molecule has 0 fully saturated rings. The van der Waals surface area contributed by atoms with Crippen LogP contribution in [0, 0.1) is 0 Å². The average molecular weight is 290 g/mol. The van der Waals surface area contributed by atoms with E-state index in [1.54, 1.807) is 7.11 Å². The van der Waals surface area contributed by atoms with Crippen LogP contribution in [0.25, 0.3) is 0 Å². The minimum absolute atomic E-state index is 0.0366. The summed E-state index contributed by atoms with van der Waals surface area (Å²) >= 11 is 0. The molecule has 2 rings (SSSR count). The van der Waals surface area contributed by atoms with E-state index >= 15 is 0 Å². The van der Waals surface area contributed by atoms with Crippen LogP contribution in [0.4, 0.5) is 0 Å². The van der Waals surface area contributed by atoms with Gasteiger partial charge in [0.25, 0.3) is 0 Å². The summed E-state index contributed by atoms with van der Waals surface area (Å²) in [5.74, 6) is -0.228. The first kappa shape index (κ1) is 15.0. The number of carboxylic acids is 1. The third kappa shape index (κ3) is 4.28. The summed E-state index contributed by atoms with van der Waals surface area (Å²) in [6.45, 7) is 2.10. The first-order chi connectivity index (χ1) is 10.1. The number of likely N-dealkylation sites (N-methyl/N-ethyl adjacent to an activating group) is 1. The molecule has 0 aliphatic heterocycles. The number of carboxylic acid groups (broad SMARTS) is 1. The number of hydrogen-bond acceptors (Lipinski definition) is 5. The number of nitrogens with zero attached hydrogens (tertiary/aromatic N) is 4. The molecule has 0 radical (unpaired) electrons. The highest BCUT2D eigenvalue weighted by Gasteiger charge is 2.08. The molecule has 0 atom stereocenters. The van der Waals surface area contributed by atoms with Gasteiger partial charge in [-0.3, -0.25) is 4.68 Å². The van der Waals surface area contributed by atoms with Crippen molar-refractivity contribution < 1.29 is 14.6 Å². The van der Waals surface area contributed by atoms with Gasteiger partial charge in [0.05, 0.1) is 19.9 Å². The molecule has 0 saturated heterocycles. The van der Waals surface area contributed by atoms with Gasteiger partial charge in [0.2, 0.25) is 0 Å². The summed E-state index contributed by atoms with van der Waals surface area (Å²) in [7, 11) is 3.64. The Kier molecular flexibility index (Phi) is 4.89. The molecule has 0 aliphatic carbocycles. The summed E-state index contributed by atoms with van der Waals surface area (Å²) in [6.07, 6.45) is 1.43. The highest BCUT2D eigenvalue weighted by Crippen LogP contribution is 2.13. The Hall–Kier alpha value is -2.41. The van der Waals surface area contributed by atoms with Crippen molar-refractivity contribution in [3.63, 3.8) is 0 Å². The summed E-state index contributed by atoms with van der Waals surface area (Å²) in [6, 6.07) is 7.90. The van der Waals surface area contributed by atoms with Crippen molar-refractivity contribution in [3.8, 4) is 5.75 Å². The number of aromatic carboxylic acids is 1. The maximum absolute atomic E-state index is 10.7. The van der Waals surface area contributed by atoms with E-state index in [1.165, 1.54) is 10.9 Å². The van der Waals surface area contributed by atoms with Crippen LogP contribution in [0.2, 0.25) is 0 Å². The van der Waals surface area contributed by atoms with Gasteiger partial charge in [0, 0.05) is 13.1 Å². The van der Waals surface area contributed by atoms with Gasteiger partial charge >= 0.3 is 5.97 Å². The lowest BCUT2D eigenvalue weighted by atomic mass is 10.2. The van der Waals surface area contributed by atoms with Crippen molar-refractivity contribution in [2.45, 2.75) is 13.1 Å². The lowest BCUT2D eigenvalue weighted by Crippen LogP contribution is -2.23. The molecule has 1 N–H and O–H groups in total. The molecule has 0 unspecified atom stereocenters. The van der Waals surface area contributed by atoms with Crippen molar-refractivity contribution in [1.29, 1.82) is 0 Å². The largest absolute Gasteiger partial charge is 0.497 e. The predicted octanol–water partition coefficient (Wildman–Crippen LogP) is 1.12. The van der Waals surface area contributed by atoms with Crippen LogP contribution in [0.15, 0.2) is 30.5 Å². The van der Waals surface area contributed by atoms with E-state index in [0.29, 0.717) is 6.54 Å². The van der Waals surface area contributed by atoms with E-state index in [9.17, 15) is 4.79 Å². The Morgan fingerprint density at radius 2 is 2.29 bits per heavy atom. The van der Waals surface area contributed by atoms with Gasteiger partial charge in [-0.1, -0.05) is 17.3 Å². The zero-order chi connectivity index (χ0) is 15.2. The van der Waals surface area contributed by atoms with Gasteiger partial charge in [-0.2, -0.15) is 0 Å². The highest BCUT2D eigenvalue weighted by molar-refractivity contribution is 5.84. The van der Waals surface area contributed by atoms with Gasteiger partial charge in [0.15, 0.2) is 5.69 Å². The number of methoxy groups -OCH3 is 1. The fourth-order valence-corrected chi connectivity index (χ4v) is 1.94. The fraction of sp³-hybridized carbons (Fsp3) is 0.357. The number of rotatable bonds is 7. The Balaban J connectivity index is 1.86. The maximum Gasteiger partial charge on any atom is 0.358 e. The van der Waals surface area contributed by atoms with Crippen molar-refractivity contribution in [1.82, 2.24) is 19.9 Å². The lowest BCUT2D eigenvalue weighted by Gasteiger charge is -2.16. The third-order valence-corrected chi connectivity index (χ3v) is 3.06. The molecule has 21 heavy (non-hydrogen) atoms. The maximum atomic E-state index is 10.7. The number of carbonyl (C=O) groups is 1. The quantitative estimate of drug-likeness (QED) is 0.823. The Morgan fingerprint density at radius 1 is 1.48 bits per heavy atom. The second kappa shape index (κ2) is 6.85. The van der Waals surface area contributed by atoms with Gasteiger partial charge < -0.3 is 14.7 Å². The van der Waals surface area contributed by atoms with E-state index in [1.807, 2.05) is 31.3 Å². The van der Waals surface area contributed by atoms with Crippen LogP contribution < -0.4 is 4.74 Å². The van der Waals surface area contributed by atoms with Crippen LogP contribution in [-0.2, 0) is 13.1 Å². The Bertz CT molecular complexity index is 612. The minimum Gasteiger partial charge on any atom is -0.497 e. The van der Waals surface area contributed by atoms with E-state index < -0.39 is 5.97 Å². The normalized spacial score (nSPS) is 10.8. The second-order valence-electron chi connectivity index (χ2n) is 4.76. The molecule has 0 saturated carbocycles. The first-order valence-corrected chi connectivity index (χ1v) is 6.53. The van der Waals surface area contributed by atoms with Crippen molar-refractivity contribution in [2.24, 2.45) is 0 Å². The van der Waals surface area contributed by atoms with Crippen molar-refractivity contribution in [3.05, 3.63) is 41.7 Å². The molecular formula is C14H18N4O3. The molecule has 1 aromatic heterocycles. The molecule has 0 spiro atoms. The number of ether oxygens (including phenoxy) is 1. The van der Waals surface area contributed by atoms with E-state index in [4.69, 9.17) is 9.84 Å². The van der Waals surface area contributed by atoms with Gasteiger partial charge in [-0.25, -0.2) is 4.79 Å². The van der Waals surface area contributed by atoms with E-state index in [-0.39, 0.29) is 5.69 Å². The van der Waals surface area contributed by atoms with Gasteiger partial charge in [0.1, 0.15) is 5.75 Å². The molecule has 2 aromatic rings. The molecule has 0 amide bonds. The lowest BCUT2D eigenvalue weighted by molar-refractivity contribution is 0.0690. The first-order valence-electron chi connectivity index (χ1n) is 6.53. The number of hydrogen-bond donors (Lipinski definition) is 1. The SMILES string of the molecule is COc1cccc(CN(C)CCn2cc(C(=O)O)nn2)c1. The van der Waals surface area contributed by atoms with Crippen molar-refractivity contribution in [2.75, 3.05) is 20.7 Å². The van der Waals surface area contributed by atoms with Gasteiger partial charge in [-0.15, -0.1) is 5.10 Å². The molecule has 1 heterocycles. The average Bonchev–Trinajstić information content (AvgIpc) is 2.94. The van der Waals surface area contributed by atoms with Crippen LogP contribution in [0.5, 0.6) is 5.75 Å². The summed E-state index contributed by atoms with van der Waals surface area (Å²) in [4.78, 5) is 12.8. The van der Waals surface area contributed by atoms with Crippen LogP contribution in [-0.4, -0.2) is 51.7 Å². The molecule has 112 valence electrons. The van der Waals surface area contributed by atoms with Gasteiger partial charge in [-0.05, 0) is 24.7 Å². The second-order valence-corrected chi connectivity index (χ2v) is 4.76. The Labute approximate surface area is 122 Å². The Morgan fingerprint density at radius 3 is 2.95 bits per heavy atom. The molecule has 0 bridgehead atoms. The highest BCUT2D eigenvalue weighted by atomic mass is 16.5. The smallest absolute Gasteiger partial charge is 0.358 e. The molecule has 7 nitrogen and oxygen atoms in total. The number of benzene rings is 1. The molecule has 7 heteroatoms. The van der Waals surface area contributed by atoms with Crippen LogP contribution in [0.3, 0.4) is 0 Å². The standard InChI is InChI=1S/C14H18N4O3/c1-17(9-11-4-3-5-12(8-11)21-2)6-7-18-10-13(14(19)20)15-16-18/h3-5,8,10H,6-7,9H2,1-2H3,(H,19,20). The zero-order valence-electron chi connectivity index (χ0n) is 12.1. The topological polar surface area (TPSA) is 80.5 Å². The molecule has 1 aromatic carbocycles. The van der Waals surface area contributed by atoms with Crippen molar-refractivity contribution >= 4 is 5.97 Å². The minimum atomic E-state index is -1.06. The fourth-order valence-electron chi connectivity index (χ4n) is 1.94. The molecule has 0 aliphatic rings. The summed E-state index contributed by atoms with van der Waals surface area (Å²) in [5, 5.41) is 16.1. The monoisotopic (exact) mass is 290 g/mol. The predicted molar refractivity (Wildman–Crippen MR) is 76.3 cm³/mol. The van der Waals surface area contributed by atoms with E-state index in [2.05, 4.69) is 15.2 Å². The van der Waals surface area contributed by atoms with E-state index in [0.717, 1.165) is 24.4 Å². The van der Waals surface area contributed by atoms with Crippen LogP contribution >= 0.6 is 0 Å². The molecular weight excluding hydrogens is 272 g/mol. The zero-order valence-corrected chi connectivity index (χ0v) is 12.1. The summed E-state index contributed by atoms with van der Waals surface area (Å²) in [5.41, 5.74) is 1.12. The summed E-state index contributed by atoms with van der Waals surface area (Å²) < 4.78 is 6.73. The third-order valence-electron chi connectivity index (χ3n) is 3.06.